The van der Waals surface area contributed by atoms with Gasteiger partial charge in [0, 0.05) is 6.54 Å². The number of hydrogen-bond donors (Lipinski definition) is 1. The summed E-state index contributed by atoms with van der Waals surface area (Å²) in [4.78, 5) is 0. The Labute approximate surface area is 110 Å². The highest BCUT2D eigenvalue weighted by molar-refractivity contribution is 5.38. The number of nitrogens with zero attached hydrogens (tertiary/aromatic N) is 1. The van der Waals surface area contributed by atoms with E-state index >= 15 is 0 Å². The molecule has 0 spiro atoms. The summed E-state index contributed by atoms with van der Waals surface area (Å²) in [5.41, 5.74) is 5.58. The van der Waals surface area contributed by atoms with E-state index in [0.717, 1.165) is 32.4 Å². The Morgan fingerprint density at radius 2 is 1.94 bits per heavy atom. The third-order valence-electron chi connectivity index (χ3n) is 4.30. The van der Waals surface area contributed by atoms with Gasteiger partial charge in [0.1, 0.15) is 0 Å². The summed E-state index contributed by atoms with van der Waals surface area (Å²) in [5.74, 6) is 0. The van der Waals surface area contributed by atoms with Crippen molar-refractivity contribution in [2.24, 2.45) is 5.41 Å². The Morgan fingerprint density at radius 3 is 2.56 bits per heavy atom. The standard InChI is InChI=1S/C16H22N2/c1-12-4-5-15(14(3)13(12)2)6-9-18-11-16(10-17)7-8-16/h4-5,18H,6-9,11H2,1-3H3. The van der Waals surface area contributed by atoms with Gasteiger partial charge in [-0.2, -0.15) is 5.26 Å². The summed E-state index contributed by atoms with van der Waals surface area (Å²) < 4.78 is 0. The van der Waals surface area contributed by atoms with Crippen LogP contribution in [-0.4, -0.2) is 13.1 Å². The maximum atomic E-state index is 8.99. The Balaban J connectivity index is 1.84. The van der Waals surface area contributed by atoms with Crippen molar-refractivity contribution < 1.29 is 0 Å². The maximum absolute atomic E-state index is 8.99. The minimum Gasteiger partial charge on any atom is -0.315 e. The molecule has 96 valence electrons. The van der Waals surface area contributed by atoms with Crippen LogP contribution in [0.3, 0.4) is 0 Å². The van der Waals surface area contributed by atoms with Gasteiger partial charge >= 0.3 is 0 Å². The topological polar surface area (TPSA) is 35.8 Å². The Morgan fingerprint density at radius 1 is 1.22 bits per heavy atom. The second kappa shape index (κ2) is 5.12. The molecular formula is C16H22N2. The zero-order valence-corrected chi connectivity index (χ0v) is 11.6. The van der Waals surface area contributed by atoms with Crippen molar-refractivity contribution in [3.8, 4) is 6.07 Å². The number of benzene rings is 1. The molecule has 1 saturated carbocycles. The molecule has 1 aliphatic rings. The van der Waals surface area contributed by atoms with Gasteiger partial charge in [-0.3, -0.25) is 0 Å². The fraction of sp³-hybridized carbons (Fsp3) is 0.562. The first kappa shape index (κ1) is 13.1. The van der Waals surface area contributed by atoms with Crippen LogP contribution in [-0.2, 0) is 6.42 Å². The summed E-state index contributed by atoms with van der Waals surface area (Å²) in [5, 5.41) is 12.4. The lowest BCUT2D eigenvalue weighted by Crippen LogP contribution is -2.25. The Bertz CT molecular complexity index is 479. The lowest BCUT2D eigenvalue weighted by Gasteiger charge is -2.12. The third kappa shape index (κ3) is 2.73. The van der Waals surface area contributed by atoms with Gasteiger partial charge in [-0.1, -0.05) is 12.1 Å². The number of nitriles is 1. The zero-order chi connectivity index (χ0) is 13.2. The van der Waals surface area contributed by atoms with Crippen molar-refractivity contribution in [2.45, 2.75) is 40.0 Å². The monoisotopic (exact) mass is 242 g/mol. The van der Waals surface area contributed by atoms with E-state index in [0.29, 0.717) is 0 Å². The molecule has 0 saturated heterocycles. The number of rotatable bonds is 5. The van der Waals surface area contributed by atoms with E-state index in [1.165, 1.54) is 22.3 Å². The molecule has 1 aliphatic carbocycles. The average molecular weight is 242 g/mol. The SMILES string of the molecule is Cc1ccc(CCNCC2(C#N)CC2)c(C)c1C. The molecule has 0 amide bonds. The van der Waals surface area contributed by atoms with Crippen molar-refractivity contribution in [2.75, 3.05) is 13.1 Å². The van der Waals surface area contributed by atoms with E-state index in [-0.39, 0.29) is 5.41 Å². The van der Waals surface area contributed by atoms with Crippen LogP contribution >= 0.6 is 0 Å². The van der Waals surface area contributed by atoms with Crippen molar-refractivity contribution >= 4 is 0 Å². The predicted molar refractivity (Wildman–Crippen MR) is 74.5 cm³/mol. The molecule has 2 rings (SSSR count). The summed E-state index contributed by atoms with van der Waals surface area (Å²) in [6.07, 6.45) is 3.19. The predicted octanol–water partition coefficient (Wildman–Crippen LogP) is 3.05. The van der Waals surface area contributed by atoms with Gasteiger partial charge in [-0.15, -0.1) is 0 Å². The fourth-order valence-corrected chi connectivity index (χ4v) is 2.31. The minimum absolute atomic E-state index is 0.0295. The smallest absolute Gasteiger partial charge is 0.0703 e. The molecule has 1 aromatic carbocycles. The Kier molecular flexibility index (Phi) is 3.73. The van der Waals surface area contributed by atoms with Crippen LogP contribution in [0, 0.1) is 37.5 Å². The van der Waals surface area contributed by atoms with Gasteiger partial charge in [-0.25, -0.2) is 0 Å². The summed E-state index contributed by atoms with van der Waals surface area (Å²) in [6.45, 7) is 8.38. The highest BCUT2D eigenvalue weighted by atomic mass is 14.9. The lowest BCUT2D eigenvalue weighted by molar-refractivity contribution is 0.560. The van der Waals surface area contributed by atoms with Crippen LogP contribution in [0.4, 0.5) is 0 Å². The van der Waals surface area contributed by atoms with E-state index < -0.39 is 0 Å². The molecule has 0 radical (unpaired) electrons. The molecule has 0 bridgehead atoms. The van der Waals surface area contributed by atoms with Crippen LogP contribution in [0.1, 0.15) is 35.1 Å². The molecule has 0 atom stereocenters. The van der Waals surface area contributed by atoms with Gasteiger partial charge in [0.2, 0.25) is 0 Å². The van der Waals surface area contributed by atoms with Gasteiger partial charge in [0.25, 0.3) is 0 Å². The van der Waals surface area contributed by atoms with Crippen molar-refractivity contribution in [3.05, 3.63) is 34.4 Å². The highest BCUT2D eigenvalue weighted by Crippen LogP contribution is 2.43. The zero-order valence-electron chi connectivity index (χ0n) is 11.6. The third-order valence-corrected chi connectivity index (χ3v) is 4.30. The van der Waals surface area contributed by atoms with Crippen LogP contribution in [0.15, 0.2) is 12.1 Å². The first-order valence-corrected chi connectivity index (χ1v) is 6.76. The second-order valence-corrected chi connectivity index (χ2v) is 5.61. The van der Waals surface area contributed by atoms with Crippen LogP contribution in [0.5, 0.6) is 0 Å². The molecule has 2 heteroatoms. The molecule has 18 heavy (non-hydrogen) atoms. The van der Waals surface area contributed by atoms with Gasteiger partial charge < -0.3 is 5.32 Å². The Hall–Kier alpha value is -1.33. The van der Waals surface area contributed by atoms with Crippen LogP contribution < -0.4 is 5.32 Å². The number of aryl methyl sites for hydroxylation is 1. The maximum Gasteiger partial charge on any atom is 0.0703 e. The summed E-state index contributed by atoms with van der Waals surface area (Å²) in [6, 6.07) is 6.85. The summed E-state index contributed by atoms with van der Waals surface area (Å²) in [7, 11) is 0. The first-order valence-electron chi connectivity index (χ1n) is 6.76. The van der Waals surface area contributed by atoms with E-state index in [2.05, 4.69) is 44.3 Å². The van der Waals surface area contributed by atoms with Crippen molar-refractivity contribution in [3.63, 3.8) is 0 Å². The molecule has 2 nitrogen and oxygen atoms in total. The molecule has 0 aromatic heterocycles. The molecule has 1 N–H and O–H groups in total. The lowest BCUT2D eigenvalue weighted by atomic mass is 9.97. The molecule has 0 unspecified atom stereocenters. The van der Waals surface area contributed by atoms with Crippen molar-refractivity contribution in [1.82, 2.24) is 5.32 Å². The van der Waals surface area contributed by atoms with Gasteiger partial charge in [-0.05, 0) is 68.8 Å². The molecule has 0 heterocycles. The van der Waals surface area contributed by atoms with Crippen LogP contribution in [0.25, 0.3) is 0 Å². The van der Waals surface area contributed by atoms with E-state index in [1.807, 2.05) is 0 Å². The van der Waals surface area contributed by atoms with Crippen LogP contribution in [0.2, 0.25) is 0 Å². The highest BCUT2D eigenvalue weighted by Gasteiger charge is 2.42. The second-order valence-electron chi connectivity index (χ2n) is 5.61. The average Bonchev–Trinajstić information content (AvgIpc) is 3.15. The van der Waals surface area contributed by atoms with Gasteiger partial charge in [0.15, 0.2) is 0 Å². The normalized spacial score (nSPS) is 16.3. The number of nitrogens with one attached hydrogen (secondary N) is 1. The first-order chi connectivity index (χ1) is 8.58. The summed E-state index contributed by atoms with van der Waals surface area (Å²) >= 11 is 0. The minimum atomic E-state index is -0.0295. The van der Waals surface area contributed by atoms with E-state index in [4.69, 9.17) is 5.26 Å². The van der Waals surface area contributed by atoms with Crippen molar-refractivity contribution in [1.29, 1.82) is 5.26 Å². The quantitative estimate of drug-likeness (QED) is 0.806. The number of hydrogen-bond acceptors (Lipinski definition) is 2. The molecule has 1 aromatic rings. The largest absolute Gasteiger partial charge is 0.315 e. The fourth-order valence-electron chi connectivity index (χ4n) is 2.31. The van der Waals surface area contributed by atoms with Gasteiger partial charge in [0.05, 0.1) is 11.5 Å². The van der Waals surface area contributed by atoms with E-state index in [9.17, 15) is 0 Å². The molecule has 1 fully saturated rings. The molecule has 0 aliphatic heterocycles. The molecular weight excluding hydrogens is 220 g/mol. The van der Waals surface area contributed by atoms with E-state index in [1.54, 1.807) is 0 Å².